The minimum Gasteiger partial charge on any atom is -0.400 e. The van der Waals surface area contributed by atoms with Gasteiger partial charge in [-0.2, -0.15) is 0 Å². The maximum Gasteiger partial charge on any atom is 0.491 e. The molecule has 3 rings (SSSR count). The van der Waals surface area contributed by atoms with E-state index in [9.17, 15) is 0 Å². The number of pyridine rings is 1. The van der Waals surface area contributed by atoms with Crippen molar-refractivity contribution in [3.63, 3.8) is 0 Å². The van der Waals surface area contributed by atoms with Crippen molar-refractivity contribution in [1.29, 1.82) is 0 Å². The van der Waals surface area contributed by atoms with E-state index in [0.717, 1.165) is 16.6 Å². The maximum atomic E-state index is 6.05. The molecule has 0 unspecified atom stereocenters. The van der Waals surface area contributed by atoms with E-state index in [0.29, 0.717) is 12.2 Å². The number of fused-ring (bicyclic) bond motifs is 1. The van der Waals surface area contributed by atoms with Crippen LogP contribution in [0, 0.1) is 0 Å². The molecule has 7 heteroatoms. The van der Waals surface area contributed by atoms with Gasteiger partial charge >= 0.3 is 7.12 Å². The van der Waals surface area contributed by atoms with E-state index in [1.807, 2.05) is 39.8 Å². The van der Waals surface area contributed by atoms with Gasteiger partial charge in [0.2, 0.25) is 0 Å². The summed E-state index contributed by atoms with van der Waals surface area (Å²) >= 11 is 0. The molecule has 0 spiro atoms. The fraction of sp³-hybridized carbons (Fsp3) is 0.467. The summed E-state index contributed by atoms with van der Waals surface area (Å²) in [6.45, 7) is 8.47. The van der Waals surface area contributed by atoms with Gasteiger partial charge in [0, 0.05) is 12.7 Å². The van der Waals surface area contributed by atoms with Gasteiger partial charge in [-0.1, -0.05) is 6.08 Å². The van der Waals surface area contributed by atoms with Gasteiger partial charge in [0.1, 0.15) is 0 Å². The highest BCUT2D eigenvalue weighted by molar-refractivity contribution is 6.55. The van der Waals surface area contributed by atoms with E-state index in [-0.39, 0.29) is 11.2 Å². The molecule has 0 aromatic carbocycles. The average molecular weight is 300 g/mol. The second-order valence-electron chi connectivity index (χ2n) is 6.55. The summed E-state index contributed by atoms with van der Waals surface area (Å²) in [6, 6.07) is 1.98. The van der Waals surface area contributed by atoms with E-state index in [4.69, 9.17) is 15.0 Å². The number of rotatable bonds is 3. The Bertz CT molecular complexity index is 707. The van der Waals surface area contributed by atoms with Crippen LogP contribution in [0.2, 0.25) is 0 Å². The first-order valence-corrected chi connectivity index (χ1v) is 7.38. The molecule has 0 amide bonds. The summed E-state index contributed by atoms with van der Waals surface area (Å²) < 4.78 is 12.1. The molecule has 22 heavy (non-hydrogen) atoms. The lowest BCUT2D eigenvalue weighted by molar-refractivity contribution is 0.00578. The highest BCUT2D eigenvalue weighted by Gasteiger charge is 2.52. The molecular formula is C15H21BN4O2. The van der Waals surface area contributed by atoms with Crippen molar-refractivity contribution in [3.8, 4) is 0 Å². The lowest BCUT2D eigenvalue weighted by Crippen LogP contribution is -2.41. The summed E-state index contributed by atoms with van der Waals surface area (Å²) in [5.74, 6) is 0. The summed E-state index contributed by atoms with van der Waals surface area (Å²) in [7, 11) is -0.438. The first kappa shape index (κ1) is 15.2. The standard InChI is InChI=1S/C15H21BN4O2/c1-14(2)15(3,4)22-16(21-14)11(7-17)5-10-6-12-13(18-8-10)20-9-19-12/h5-6,8-9H,7,17H2,1-4H3,(H,18,19,20). The molecule has 1 saturated heterocycles. The highest BCUT2D eigenvalue weighted by Crippen LogP contribution is 2.38. The second kappa shape index (κ2) is 5.19. The molecule has 3 heterocycles. The molecular weight excluding hydrogens is 279 g/mol. The summed E-state index contributed by atoms with van der Waals surface area (Å²) in [5, 5.41) is 0. The van der Waals surface area contributed by atoms with Crippen LogP contribution < -0.4 is 5.73 Å². The molecule has 6 nitrogen and oxygen atoms in total. The van der Waals surface area contributed by atoms with Crippen LogP contribution in [-0.4, -0.2) is 39.8 Å². The van der Waals surface area contributed by atoms with Crippen molar-refractivity contribution in [2.24, 2.45) is 5.73 Å². The molecule has 2 aromatic heterocycles. The molecule has 1 aliphatic rings. The van der Waals surface area contributed by atoms with Crippen molar-refractivity contribution in [1.82, 2.24) is 15.0 Å². The van der Waals surface area contributed by atoms with Gasteiger partial charge in [-0.05, 0) is 44.8 Å². The number of hydrogen-bond donors (Lipinski definition) is 2. The third kappa shape index (κ3) is 2.56. The van der Waals surface area contributed by atoms with Gasteiger partial charge < -0.3 is 20.0 Å². The number of nitrogens with two attached hydrogens (primary N) is 1. The molecule has 0 bridgehead atoms. The Labute approximate surface area is 130 Å². The minimum absolute atomic E-state index is 0.359. The Morgan fingerprint density at radius 1 is 1.27 bits per heavy atom. The number of imidazole rings is 1. The quantitative estimate of drug-likeness (QED) is 0.846. The predicted octanol–water partition coefficient (Wildman–Crippen LogP) is 1.93. The molecule has 0 saturated carbocycles. The van der Waals surface area contributed by atoms with Crippen LogP contribution in [0.1, 0.15) is 33.3 Å². The van der Waals surface area contributed by atoms with Crippen LogP contribution >= 0.6 is 0 Å². The summed E-state index contributed by atoms with van der Waals surface area (Å²) in [5.41, 5.74) is 8.56. The van der Waals surface area contributed by atoms with Crippen LogP contribution in [-0.2, 0) is 9.31 Å². The lowest BCUT2D eigenvalue weighted by atomic mass is 9.77. The fourth-order valence-corrected chi connectivity index (χ4v) is 2.36. The molecule has 0 aliphatic carbocycles. The van der Waals surface area contributed by atoms with Crippen LogP contribution in [0.15, 0.2) is 24.1 Å². The fourth-order valence-electron chi connectivity index (χ4n) is 2.36. The van der Waals surface area contributed by atoms with Gasteiger partial charge in [0.15, 0.2) is 5.65 Å². The second-order valence-corrected chi connectivity index (χ2v) is 6.55. The normalized spacial score (nSPS) is 20.8. The predicted molar refractivity (Wildman–Crippen MR) is 87.0 cm³/mol. The van der Waals surface area contributed by atoms with E-state index in [1.165, 1.54) is 0 Å². The SMILES string of the molecule is CC1(C)OB(C(=Cc2cnc3nc[nH]c3c2)CN)OC1(C)C. The Kier molecular flexibility index (Phi) is 3.59. The molecule has 0 atom stereocenters. The van der Waals surface area contributed by atoms with Gasteiger partial charge in [0.25, 0.3) is 0 Å². The number of nitrogens with one attached hydrogen (secondary N) is 1. The summed E-state index contributed by atoms with van der Waals surface area (Å²) in [6.07, 6.45) is 5.36. The molecule has 1 aliphatic heterocycles. The molecule has 2 aromatic rings. The van der Waals surface area contributed by atoms with Gasteiger partial charge in [-0.3, -0.25) is 0 Å². The minimum atomic E-state index is -0.438. The third-order valence-electron chi connectivity index (χ3n) is 4.44. The lowest BCUT2D eigenvalue weighted by Gasteiger charge is -2.32. The maximum absolute atomic E-state index is 6.05. The van der Waals surface area contributed by atoms with E-state index in [2.05, 4.69) is 15.0 Å². The Balaban J connectivity index is 1.90. The zero-order valence-electron chi connectivity index (χ0n) is 13.4. The zero-order chi connectivity index (χ0) is 16.0. The van der Waals surface area contributed by atoms with Crippen molar-refractivity contribution >= 4 is 24.4 Å². The van der Waals surface area contributed by atoms with Crippen LogP contribution in [0.4, 0.5) is 0 Å². The molecule has 1 fully saturated rings. The first-order valence-electron chi connectivity index (χ1n) is 7.38. The Morgan fingerprint density at radius 2 is 1.95 bits per heavy atom. The molecule has 3 N–H and O–H groups in total. The molecule has 116 valence electrons. The summed E-state index contributed by atoms with van der Waals surface area (Å²) in [4.78, 5) is 11.5. The van der Waals surface area contributed by atoms with Gasteiger partial charge in [0.05, 0.1) is 23.0 Å². The van der Waals surface area contributed by atoms with Crippen molar-refractivity contribution in [2.45, 2.75) is 38.9 Å². The topological polar surface area (TPSA) is 86.1 Å². The highest BCUT2D eigenvalue weighted by atomic mass is 16.7. The Morgan fingerprint density at radius 3 is 2.59 bits per heavy atom. The van der Waals surface area contributed by atoms with Crippen molar-refractivity contribution < 1.29 is 9.31 Å². The number of H-pyrrole nitrogens is 1. The number of hydrogen-bond acceptors (Lipinski definition) is 5. The molecule has 0 radical (unpaired) electrons. The third-order valence-corrected chi connectivity index (χ3v) is 4.44. The monoisotopic (exact) mass is 300 g/mol. The largest absolute Gasteiger partial charge is 0.491 e. The zero-order valence-corrected chi connectivity index (χ0v) is 13.4. The average Bonchev–Trinajstić information content (AvgIpc) is 2.98. The Hall–Kier alpha value is -1.70. The van der Waals surface area contributed by atoms with E-state index < -0.39 is 7.12 Å². The smallest absolute Gasteiger partial charge is 0.400 e. The van der Waals surface area contributed by atoms with Gasteiger partial charge in [-0.15, -0.1) is 0 Å². The number of aromatic nitrogens is 3. The van der Waals surface area contributed by atoms with Crippen LogP contribution in [0.25, 0.3) is 17.2 Å². The first-order chi connectivity index (χ1) is 10.3. The van der Waals surface area contributed by atoms with E-state index >= 15 is 0 Å². The van der Waals surface area contributed by atoms with Crippen LogP contribution in [0.3, 0.4) is 0 Å². The number of aromatic amines is 1. The van der Waals surface area contributed by atoms with Crippen LogP contribution in [0.5, 0.6) is 0 Å². The van der Waals surface area contributed by atoms with Crippen molar-refractivity contribution in [2.75, 3.05) is 6.54 Å². The van der Waals surface area contributed by atoms with Gasteiger partial charge in [-0.25, -0.2) is 9.97 Å². The van der Waals surface area contributed by atoms with Crippen molar-refractivity contribution in [3.05, 3.63) is 29.6 Å². The number of nitrogens with zero attached hydrogens (tertiary/aromatic N) is 2. The van der Waals surface area contributed by atoms with E-state index in [1.54, 1.807) is 12.5 Å².